The second kappa shape index (κ2) is 6.92. The maximum atomic E-state index is 11.7. The van der Waals surface area contributed by atoms with Gasteiger partial charge in [-0.2, -0.15) is 5.26 Å². The van der Waals surface area contributed by atoms with E-state index in [-0.39, 0.29) is 23.8 Å². The second-order valence-corrected chi connectivity index (χ2v) is 7.23. The Labute approximate surface area is 143 Å². The number of likely N-dealkylation sites (tertiary alicyclic amines) is 2. The van der Waals surface area contributed by atoms with Crippen molar-refractivity contribution in [3.63, 3.8) is 0 Å². The van der Waals surface area contributed by atoms with Crippen molar-refractivity contribution in [2.24, 2.45) is 11.3 Å². The molecule has 3 rings (SSSR count). The van der Waals surface area contributed by atoms with E-state index < -0.39 is 0 Å². The minimum absolute atomic E-state index is 0.0748. The van der Waals surface area contributed by atoms with Gasteiger partial charge < -0.3 is 10.0 Å². The summed E-state index contributed by atoms with van der Waals surface area (Å²) in [4.78, 5) is 16.0. The number of aliphatic hydroxyl groups is 1. The summed E-state index contributed by atoms with van der Waals surface area (Å²) in [6.07, 6.45) is 2.03. The fraction of sp³-hybridized carbons (Fsp3) is 0.579. The first-order valence-corrected chi connectivity index (χ1v) is 8.64. The first-order chi connectivity index (χ1) is 11.6. The average molecular weight is 327 g/mol. The molecule has 0 aromatic heterocycles. The Morgan fingerprint density at radius 1 is 1.42 bits per heavy atom. The fourth-order valence-corrected chi connectivity index (χ4v) is 4.24. The molecule has 1 aromatic carbocycles. The summed E-state index contributed by atoms with van der Waals surface area (Å²) in [7, 11) is 0. The van der Waals surface area contributed by atoms with Crippen molar-refractivity contribution >= 4 is 5.91 Å². The van der Waals surface area contributed by atoms with E-state index in [1.807, 2.05) is 23.1 Å². The van der Waals surface area contributed by atoms with Crippen molar-refractivity contribution < 1.29 is 9.90 Å². The van der Waals surface area contributed by atoms with E-state index in [0.29, 0.717) is 12.1 Å². The molecule has 0 radical (unpaired) electrons. The Bertz CT molecular complexity index is 644. The maximum absolute atomic E-state index is 11.7. The van der Waals surface area contributed by atoms with Crippen LogP contribution in [0.5, 0.6) is 0 Å². The molecule has 2 aliphatic rings. The molecule has 0 aliphatic carbocycles. The van der Waals surface area contributed by atoms with Gasteiger partial charge in [0.15, 0.2) is 0 Å². The Morgan fingerprint density at radius 3 is 2.79 bits per heavy atom. The number of amides is 1. The quantitative estimate of drug-likeness (QED) is 0.916. The highest BCUT2D eigenvalue weighted by atomic mass is 16.3. The molecule has 2 fully saturated rings. The van der Waals surface area contributed by atoms with E-state index in [1.54, 1.807) is 6.92 Å². The SMILES string of the molecule is CC(=O)N1CC(CO)C2(CCN(Cc3cccc(C#N)c3)CC2)C1. The lowest BCUT2D eigenvalue weighted by molar-refractivity contribution is -0.128. The molecule has 0 saturated carbocycles. The molecule has 0 bridgehead atoms. The van der Waals surface area contributed by atoms with Gasteiger partial charge in [0.25, 0.3) is 0 Å². The highest BCUT2D eigenvalue weighted by Gasteiger charge is 2.48. The molecule has 24 heavy (non-hydrogen) atoms. The van der Waals surface area contributed by atoms with E-state index in [9.17, 15) is 9.90 Å². The Kier molecular flexibility index (Phi) is 4.88. The Hall–Kier alpha value is -1.90. The number of rotatable bonds is 3. The lowest BCUT2D eigenvalue weighted by atomic mass is 9.71. The van der Waals surface area contributed by atoms with Gasteiger partial charge in [-0.3, -0.25) is 9.69 Å². The van der Waals surface area contributed by atoms with Crippen LogP contribution < -0.4 is 0 Å². The Balaban J connectivity index is 1.63. The van der Waals surface area contributed by atoms with Crippen LogP contribution in [0.1, 0.15) is 30.9 Å². The number of hydrogen-bond donors (Lipinski definition) is 1. The lowest BCUT2D eigenvalue weighted by Crippen LogP contribution is -2.44. The summed E-state index contributed by atoms with van der Waals surface area (Å²) in [5, 5.41) is 18.8. The van der Waals surface area contributed by atoms with Gasteiger partial charge in [0.2, 0.25) is 5.91 Å². The van der Waals surface area contributed by atoms with Crippen molar-refractivity contribution in [3.05, 3.63) is 35.4 Å². The van der Waals surface area contributed by atoms with Gasteiger partial charge in [-0.1, -0.05) is 12.1 Å². The number of piperidine rings is 1. The minimum Gasteiger partial charge on any atom is -0.396 e. The first kappa shape index (κ1) is 16.9. The first-order valence-electron chi connectivity index (χ1n) is 8.64. The predicted molar refractivity (Wildman–Crippen MR) is 90.9 cm³/mol. The topological polar surface area (TPSA) is 67.6 Å². The molecule has 2 saturated heterocycles. The molecule has 2 heterocycles. The molecule has 128 valence electrons. The van der Waals surface area contributed by atoms with Crippen molar-refractivity contribution in [1.82, 2.24) is 9.80 Å². The molecule has 5 heteroatoms. The van der Waals surface area contributed by atoms with Gasteiger partial charge in [0.1, 0.15) is 0 Å². The smallest absolute Gasteiger partial charge is 0.219 e. The van der Waals surface area contributed by atoms with Crippen LogP contribution in [0.25, 0.3) is 0 Å². The summed E-state index contributed by atoms with van der Waals surface area (Å²) >= 11 is 0. The second-order valence-electron chi connectivity index (χ2n) is 7.23. The summed E-state index contributed by atoms with van der Waals surface area (Å²) in [5.74, 6) is 0.312. The van der Waals surface area contributed by atoms with Crippen LogP contribution in [-0.4, -0.2) is 53.6 Å². The third kappa shape index (κ3) is 3.31. The van der Waals surface area contributed by atoms with Crippen molar-refractivity contribution in [2.75, 3.05) is 32.8 Å². The van der Waals surface area contributed by atoms with Gasteiger partial charge in [-0.05, 0) is 49.0 Å². The number of nitriles is 1. The summed E-state index contributed by atoms with van der Waals surface area (Å²) in [6, 6.07) is 9.97. The van der Waals surface area contributed by atoms with Gasteiger partial charge >= 0.3 is 0 Å². The number of aliphatic hydroxyl groups excluding tert-OH is 1. The van der Waals surface area contributed by atoms with E-state index in [0.717, 1.165) is 39.0 Å². The zero-order valence-corrected chi connectivity index (χ0v) is 14.2. The van der Waals surface area contributed by atoms with Crippen LogP contribution in [-0.2, 0) is 11.3 Å². The minimum atomic E-state index is 0.0748. The van der Waals surface area contributed by atoms with Crippen molar-refractivity contribution in [1.29, 1.82) is 5.26 Å². The molecule has 1 atom stereocenters. The van der Waals surface area contributed by atoms with E-state index in [2.05, 4.69) is 17.0 Å². The zero-order chi connectivity index (χ0) is 17.2. The Morgan fingerprint density at radius 2 is 2.17 bits per heavy atom. The van der Waals surface area contributed by atoms with E-state index in [1.165, 1.54) is 5.56 Å². The van der Waals surface area contributed by atoms with Crippen LogP contribution in [0.4, 0.5) is 0 Å². The summed E-state index contributed by atoms with van der Waals surface area (Å²) in [6.45, 7) is 6.05. The molecule has 1 spiro atoms. The molecule has 1 N–H and O–H groups in total. The molecular formula is C19H25N3O2. The lowest BCUT2D eigenvalue weighted by Gasteiger charge is -2.42. The maximum Gasteiger partial charge on any atom is 0.219 e. The third-order valence-electron chi connectivity index (χ3n) is 5.79. The zero-order valence-electron chi connectivity index (χ0n) is 14.2. The van der Waals surface area contributed by atoms with E-state index >= 15 is 0 Å². The molecule has 5 nitrogen and oxygen atoms in total. The largest absolute Gasteiger partial charge is 0.396 e. The van der Waals surface area contributed by atoms with Crippen LogP contribution in [0.2, 0.25) is 0 Å². The van der Waals surface area contributed by atoms with Crippen LogP contribution >= 0.6 is 0 Å². The average Bonchev–Trinajstić information content (AvgIpc) is 2.96. The fourth-order valence-electron chi connectivity index (χ4n) is 4.24. The molecular weight excluding hydrogens is 302 g/mol. The molecule has 1 amide bonds. The van der Waals surface area contributed by atoms with Gasteiger partial charge in [0.05, 0.1) is 11.6 Å². The standard InChI is InChI=1S/C19H25N3O2/c1-15(24)22-12-18(13-23)19(14-22)5-7-21(8-6-19)11-17-4-2-3-16(9-17)10-20/h2-4,9,18,23H,5-8,11-14H2,1H3. The van der Waals surface area contributed by atoms with Crippen molar-refractivity contribution in [3.8, 4) is 6.07 Å². The molecule has 1 aromatic rings. The number of hydrogen-bond acceptors (Lipinski definition) is 4. The highest BCUT2D eigenvalue weighted by molar-refractivity contribution is 5.73. The van der Waals surface area contributed by atoms with Crippen molar-refractivity contribution in [2.45, 2.75) is 26.3 Å². The number of benzene rings is 1. The summed E-state index contributed by atoms with van der Waals surface area (Å²) < 4.78 is 0. The summed E-state index contributed by atoms with van der Waals surface area (Å²) in [5.41, 5.74) is 1.94. The van der Waals surface area contributed by atoms with Gasteiger partial charge in [-0.15, -0.1) is 0 Å². The number of carbonyl (C=O) groups is 1. The monoisotopic (exact) mass is 327 g/mol. The third-order valence-corrected chi connectivity index (χ3v) is 5.79. The predicted octanol–water partition coefficient (Wildman–Crippen LogP) is 1.61. The number of carbonyl (C=O) groups excluding carboxylic acids is 1. The molecule has 1 unspecified atom stereocenters. The van der Waals surface area contributed by atoms with Crippen LogP contribution in [0, 0.1) is 22.7 Å². The van der Waals surface area contributed by atoms with Gasteiger partial charge in [0, 0.05) is 39.1 Å². The number of nitrogens with zero attached hydrogens (tertiary/aromatic N) is 3. The van der Waals surface area contributed by atoms with Crippen LogP contribution in [0.3, 0.4) is 0 Å². The van der Waals surface area contributed by atoms with E-state index in [4.69, 9.17) is 5.26 Å². The highest BCUT2D eigenvalue weighted by Crippen LogP contribution is 2.44. The van der Waals surface area contributed by atoms with Crippen LogP contribution in [0.15, 0.2) is 24.3 Å². The molecule has 2 aliphatic heterocycles. The van der Waals surface area contributed by atoms with Gasteiger partial charge in [-0.25, -0.2) is 0 Å². The normalized spacial score (nSPS) is 23.4.